The van der Waals surface area contributed by atoms with Gasteiger partial charge in [-0.3, -0.25) is 0 Å². The van der Waals surface area contributed by atoms with Crippen LogP contribution in [0.15, 0.2) is 6.33 Å². The van der Waals surface area contributed by atoms with Gasteiger partial charge in [-0.05, 0) is 26.3 Å². The first-order valence-corrected chi connectivity index (χ1v) is 5.00. The summed E-state index contributed by atoms with van der Waals surface area (Å²) in [5.41, 5.74) is 0. The SMILES string of the molecule is CCn1cnnc1C1CCCNC1. The Morgan fingerprint density at radius 3 is 3.31 bits per heavy atom. The van der Waals surface area contributed by atoms with Crippen molar-refractivity contribution < 1.29 is 0 Å². The molecule has 0 saturated carbocycles. The van der Waals surface area contributed by atoms with Crippen molar-refractivity contribution in [2.24, 2.45) is 0 Å². The molecular formula is C9H16N4. The molecule has 72 valence electrons. The lowest BCUT2D eigenvalue weighted by Crippen LogP contribution is -2.30. The van der Waals surface area contributed by atoms with Gasteiger partial charge in [-0.25, -0.2) is 0 Å². The number of hydrogen-bond acceptors (Lipinski definition) is 3. The summed E-state index contributed by atoms with van der Waals surface area (Å²) in [4.78, 5) is 0. The van der Waals surface area contributed by atoms with Crippen molar-refractivity contribution in [3.8, 4) is 0 Å². The Morgan fingerprint density at radius 2 is 2.62 bits per heavy atom. The summed E-state index contributed by atoms with van der Waals surface area (Å²) in [5.74, 6) is 1.71. The molecule has 1 aromatic rings. The molecule has 13 heavy (non-hydrogen) atoms. The van der Waals surface area contributed by atoms with Crippen LogP contribution < -0.4 is 5.32 Å². The molecule has 0 spiro atoms. The molecule has 2 heterocycles. The van der Waals surface area contributed by atoms with Gasteiger partial charge in [0.05, 0.1) is 0 Å². The van der Waals surface area contributed by atoms with E-state index in [2.05, 4.69) is 27.0 Å². The predicted octanol–water partition coefficient (Wildman–Crippen LogP) is 0.765. The Kier molecular flexibility index (Phi) is 2.59. The van der Waals surface area contributed by atoms with Gasteiger partial charge >= 0.3 is 0 Å². The number of aromatic nitrogens is 3. The third-order valence-electron chi connectivity index (χ3n) is 2.65. The zero-order chi connectivity index (χ0) is 9.10. The van der Waals surface area contributed by atoms with Gasteiger partial charge in [0.25, 0.3) is 0 Å². The van der Waals surface area contributed by atoms with E-state index >= 15 is 0 Å². The van der Waals surface area contributed by atoms with E-state index in [-0.39, 0.29) is 0 Å². The molecular weight excluding hydrogens is 164 g/mol. The quantitative estimate of drug-likeness (QED) is 0.731. The van der Waals surface area contributed by atoms with Crippen molar-refractivity contribution in [3.63, 3.8) is 0 Å². The van der Waals surface area contributed by atoms with Crippen LogP contribution in [-0.2, 0) is 6.54 Å². The smallest absolute Gasteiger partial charge is 0.137 e. The summed E-state index contributed by atoms with van der Waals surface area (Å²) in [6, 6.07) is 0. The highest BCUT2D eigenvalue weighted by Gasteiger charge is 2.19. The third-order valence-corrected chi connectivity index (χ3v) is 2.65. The number of rotatable bonds is 2. The van der Waals surface area contributed by atoms with E-state index in [4.69, 9.17) is 0 Å². The summed E-state index contributed by atoms with van der Waals surface area (Å²) in [5, 5.41) is 11.5. The highest BCUT2D eigenvalue weighted by atomic mass is 15.3. The molecule has 1 atom stereocenters. The first-order chi connectivity index (χ1) is 6.42. The van der Waals surface area contributed by atoms with E-state index in [1.54, 1.807) is 0 Å². The first kappa shape index (κ1) is 8.69. The molecule has 0 amide bonds. The van der Waals surface area contributed by atoms with E-state index in [1.807, 2.05) is 6.33 Å². The zero-order valence-corrected chi connectivity index (χ0v) is 8.03. The molecule has 0 aliphatic carbocycles. The minimum atomic E-state index is 0.566. The van der Waals surface area contributed by atoms with Gasteiger partial charge in [0.1, 0.15) is 12.2 Å². The lowest BCUT2D eigenvalue weighted by atomic mass is 9.99. The zero-order valence-electron chi connectivity index (χ0n) is 8.03. The van der Waals surface area contributed by atoms with Crippen LogP contribution in [-0.4, -0.2) is 27.9 Å². The number of hydrogen-bond donors (Lipinski definition) is 1. The molecule has 4 heteroatoms. The molecule has 1 aromatic heterocycles. The predicted molar refractivity (Wildman–Crippen MR) is 50.5 cm³/mol. The molecule has 1 saturated heterocycles. The van der Waals surface area contributed by atoms with Crippen LogP contribution in [0.5, 0.6) is 0 Å². The molecule has 1 unspecified atom stereocenters. The van der Waals surface area contributed by atoms with Crippen LogP contribution >= 0.6 is 0 Å². The largest absolute Gasteiger partial charge is 0.318 e. The molecule has 2 rings (SSSR count). The van der Waals surface area contributed by atoms with Crippen molar-refractivity contribution >= 4 is 0 Å². The number of nitrogens with zero attached hydrogens (tertiary/aromatic N) is 3. The van der Waals surface area contributed by atoms with Crippen LogP contribution in [0, 0.1) is 0 Å². The Balaban J connectivity index is 2.13. The minimum Gasteiger partial charge on any atom is -0.318 e. The van der Waals surface area contributed by atoms with Gasteiger partial charge in [-0.1, -0.05) is 0 Å². The van der Waals surface area contributed by atoms with Crippen molar-refractivity contribution in [1.82, 2.24) is 20.1 Å². The van der Waals surface area contributed by atoms with E-state index in [1.165, 1.54) is 12.8 Å². The second kappa shape index (κ2) is 3.87. The van der Waals surface area contributed by atoms with Gasteiger partial charge in [0.2, 0.25) is 0 Å². The van der Waals surface area contributed by atoms with E-state index < -0.39 is 0 Å². The maximum absolute atomic E-state index is 4.18. The minimum absolute atomic E-state index is 0.566. The Morgan fingerprint density at radius 1 is 1.69 bits per heavy atom. The van der Waals surface area contributed by atoms with Crippen molar-refractivity contribution in [2.45, 2.75) is 32.2 Å². The summed E-state index contributed by atoms with van der Waals surface area (Å²) in [6.07, 6.45) is 4.32. The Labute approximate surface area is 78.4 Å². The summed E-state index contributed by atoms with van der Waals surface area (Å²) in [7, 11) is 0. The highest BCUT2D eigenvalue weighted by Crippen LogP contribution is 2.20. The van der Waals surface area contributed by atoms with Gasteiger partial charge in [0.15, 0.2) is 0 Å². The van der Waals surface area contributed by atoms with Crippen molar-refractivity contribution in [2.75, 3.05) is 13.1 Å². The molecule has 1 aliphatic rings. The van der Waals surface area contributed by atoms with Crippen molar-refractivity contribution in [1.29, 1.82) is 0 Å². The fraction of sp³-hybridized carbons (Fsp3) is 0.778. The summed E-state index contributed by atoms with van der Waals surface area (Å²) in [6.45, 7) is 5.30. The van der Waals surface area contributed by atoms with Crippen LogP contribution in [0.2, 0.25) is 0 Å². The van der Waals surface area contributed by atoms with E-state index in [0.717, 1.165) is 25.5 Å². The van der Waals surface area contributed by atoms with Crippen LogP contribution in [0.4, 0.5) is 0 Å². The van der Waals surface area contributed by atoms with Gasteiger partial charge in [-0.15, -0.1) is 10.2 Å². The molecule has 1 N–H and O–H groups in total. The lowest BCUT2D eigenvalue weighted by molar-refractivity contribution is 0.433. The Bertz CT molecular complexity index is 262. The summed E-state index contributed by atoms with van der Waals surface area (Å²) >= 11 is 0. The standard InChI is InChI=1S/C9H16N4/c1-2-13-7-11-12-9(13)8-4-3-5-10-6-8/h7-8,10H,2-6H2,1H3. The van der Waals surface area contributed by atoms with Gasteiger partial charge in [0, 0.05) is 19.0 Å². The topological polar surface area (TPSA) is 42.7 Å². The van der Waals surface area contributed by atoms with Gasteiger partial charge < -0.3 is 9.88 Å². The molecule has 1 fully saturated rings. The average Bonchev–Trinajstić information content (AvgIpc) is 2.67. The molecule has 0 radical (unpaired) electrons. The molecule has 4 nitrogen and oxygen atoms in total. The van der Waals surface area contributed by atoms with Crippen LogP contribution in [0.25, 0.3) is 0 Å². The monoisotopic (exact) mass is 180 g/mol. The van der Waals surface area contributed by atoms with Crippen LogP contribution in [0.1, 0.15) is 31.5 Å². The normalized spacial score (nSPS) is 23.3. The molecule has 0 aromatic carbocycles. The van der Waals surface area contributed by atoms with E-state index in [9.17, 15) is 0 Å². The highest BCUT2D eigenvalue weighted by molar-refractivity contribution is 4.98. The van der Waals surface area contributed by atoms with Crippen molar-refractivity contribution in [3.05, 3.63) is 12.2 Å². The second-order valence-electron chi connectivity index (χ2n) is 3.52. The molecule has 1 aliphatic heterocycles. The second-order valence-corrected chi connectivity index (χ2v) is 3.52. The molecule has 0 bridgehead atoms. The Hall–Kier alpha value is -0.900. The average molecular weight is 180 g/mol. The summed E-state index contributed by atoms with van der Waals surface area (Å²) < 4.78 is 2.14. The maximum atomic E-state index is 4.18. The van der Waals surface area contributed by atoms with Gasteiger partial charge in [-0.2, -0.15) is 0 Å². The number of aryl methyl sites for hydroxylation is 1. The van der Waals surface area contributed by atoms with E-state index in [0.29, 0.717) is 5.92 Å². The maximum Gasteiger partial charge on any atom is 0.137 e. The first-order valence-electron chi connectivity index (χ1n) is 5.00. The number of piperidine rings is 1. The fourth-order valence-corrected chi connectivity index (χ4v) is 1.90. The fourth-order valence-electron chi connectivity index (χ4n) is 1.90. The number of nitrogens with one attached hydrogen (secondary N) is 1. The third kappa shape index (κ3) is 1.72. The lowest BCUT2D eigenvalue weighted by Gasteiger charge is -2.21. The van der Waals surface area contributed by atoms with Crippen LogP contribution in [0.3, 0.4) is 0 Å².